The Labute approximate surface area is 88.9 Å². The Bertz CT molecular complexity index is 309. The number of ether oxygens (including phenoxy) is 1. The van der Waals surface area contributed by atoms with E-state index in [1.807, 2.05) is 6.33 Å². The molecule has 0 bridgehead atoms. The number of aliphatic hydroxyl groups is 1. The number of hydrogen-bond donors (Lipinski definition) is 2. The van der Waals surface area contributed by atoms with Gasteiger partial charge >= 0.3 is 0 Å². The van der Waals surface area contributed by atoms with Crippen molar-refractivity contribution in [1.82, 2.24) is 9.55 Å². The molecule has 1 unspecified atom stereocenters. The molecule has 5 heteroatoms. The molecule has 15 heavy (non-hydrogen) atoms. The number of rotatable bonds is 6. The van der Waals surface area contributed by atoms with E-state index in [0.717, 1.165) is 5.69 Å². The summed E-state index contributed by atoms with van der Waals surface area (Å²) in [5, 5.41) is 8.71. The Morgan fingerprint density at radius 1 is 1.67 bits per heavy atom. The van der Waals surface area contributed by atoms with E-state index in [1.165, 1.54) is 12.8 Å². The number of imidazole rings is 1. The van der Waals surface area contributed by atoms with Crippen LogP contribution in [0.5, 0.6) is 0 Å². The number of nitrogens with zero attached hydrogens (tertiary/aromatic N) is 2. The van der Waals surface area contributed by atoms with E-state index in [9.17, 15) is 0 Å². The summed E-state index contributed by atoms with van der Waals surface area (Å²) in [5.41, 5.74) is 6.67. The van der Waals surface area contributed by atoms with Gasteiger partial charge in [0.2, 0.25) is 0 Å². The molecule has 0 aliphatic heterocycles. The largest absolute Gasteiger partial charge is 0.394 e. The molecule has 1 heterocycles. The summed E-state index contributed by atoms with van der Waals surface area (Å²) in [6, 6.07) is 0.578. The summed E-state index contributed by atoms with van der Waals surface area (Å²) in [4.78, 5) is 4.13. The zero-order valence-corrected chi connectivity index (χ0v) is 8.67. The summed E-state index contributed by atoms with van der Waals surface area (Å²) >= 11 is 0. The standard InChI is InChI=1S/C10H17N3O2/c11-5-10(15-4-3-14)9-6-12-7-13(9)8-1-2-8/h6-8,10,14H,1-5,11H2. The normalized spacial score (nSPS) is 18.0. The van der Waals surface area contributed by atoms with Gasteiger partial charge in [-0.2, -0.15) is 0 Å². The van der Waals surface area contributed by atoms with Crippen molar-refractivity contribution in [3.05, 3.63) is 18.2 Å². The Balaban J connectivity index is 2.07. The minimum atomic E-state index is -0.153. The summed E-state index contributed by atoms with van der Waals surface area (Å²) < 4.78 is 7.60. The molecule has 1 aromatic rings. The predicted octanol–water partition coefficient (Wildman–Crippen LogP) is 0.227. The van der Waals surface area contributed by atoms with E-state index < -0.39 is 0 Å². The van der Waals surface area contributed by atoms with Gasteiger partial charge in [-0.05, 0) is 12.8 Å². The molecule has 1 aliphatic rings. The van der Waals surface area contributed by atoms with E-state index in [2.05, 4.69) is 9.55 Å². The van der Waals surface area contributed by atoms with E-state index >= 15 is 0 Å². The van der Waals surface area contributed by atoms with Crippen molar-refractivity contribution in [2.75, 3.05) is 19.8 Å². The van der Waals surface area contributed by atoms with Gasteiger partial charge in [0.1, 0.15) is 6.10 Å². The molecule has 5 nitrogen and oxygen atoms in total. The van der Waals surface area contributed by atoms with Crippen molar-refractivity contribution in [2.24, 2.45) is 5.73 Å². The molecule has 1 aliphatic carbocycles. The predicted molar refractivity (Wildman–Crippen MR) is 55.3 cm³/mol. The van der Waals surface area contributed by atoms with E-state index in [0.29, 0.717) is 19.2 Å². The minimum Gasteiger partial charge on any atom is -0.394 e. The first-order valence-corrected chi connectivity index (χ1v) is 5.31. The van der Waals surface area contributed by atoms with Crippen LogP contribution in [0.25, 0.3) is 0 Å². The first-order valence-electron chi connectivity index (χ1n) is 5.31. The van der Waals surface area contributed by atoms with Crippen molar-refractivity contribution in [1.29, 1.82) is 0 Å². The summed E-state index contributed by atoms with van der Waals surface area (Å²) in [7, 11) is 0. The molecule has 1 saturated carbocycles. The fourth-order valence-electron chi connectivity index (χ4n) is 1.69. The van der Waals surface area contributed by atoms with E-state index in [4.69, 9.17) is 15.6 Å². The molecular formula is C10H17N3O2. The summed E-state index contributed by atoms with van der Waals surface area (Å²) in [6.45, 7) is 0.754. The lowest BCUT2D eigenvalue weighted by molar-refractivity contribution is 0.0286. The molecule has 0 radical (unpaired) electrons. The third-order valence-electron chi connectivity index (χ3n) is 2.59. The Kier molecular flexibility index (Phi) is 3.35. The van der Waals surface area contributed by atoms with Crippen molar-refractivity contribution in [2.45, 2.75) is 25.0 Å². The number of aromatic nitrogens is 2. The third kappa shape index (κ3) is 2.37. The van der Waals surface area contributed by atoms with Crippen LogP contribution in [0.2, 0.25) is 0 Å². The molecule has 1 aromatic heterocycles. The van der Waals surface area contributed by atoms with Gasteiger partial charge in [0.25, 0.3) is 0 Å². The Hall–Kier alpha value is -0.910. The minimum absolute atomic E-state index is 0.0219. The van der Waals surface area contributed by atoms with E-state index in [1.54, 1.807) is 6.20 Å². The molecular weight excluding hydrogens is 194 g/mol. The van der Waals surface area contributed by atoms with Crippen LogP contribution >= 0.6 is 0 Å². The van der Waals surface area contributed by atoms with Gasteiger partial charge in [0, 0.05) is 12.6 Å². The smallest absolute Gasteiger partial charge is 0.111 e. The van der Waals surface area contributed by atoms with Gasteiger partial charge in [-0.25, -0.2) is 4.98 Å². The van der Waals surface area contributed by atoms with Crippen LogP contribution in [0.1, 0.15) is 30.7 Å². The summed E-state index contributed by atoms with van der Waals surface area (Å²) in [6.07, 6.45) is 5.90. The van der Waals surface area contributed by atoms with Crippen molar-refractivity contribution >= 4 is 0 Å². The molecule has 1 fully saturated rings. The fraction of sp³-hybridized carbons (Fsp3) is 0.700. The highest BCUT2D eigenvalue weighted by Gasteiger charge is 2.27. The van der Waals surface area contributed by atoms with Crippen molar-refractivity contribution in [3.63, 3.8) is 0 Å². The van der Waals surface area contributed by atoms with Crippen LogP contribution in [0.4, 0.5) is 0 Å². The molecule has 0 aromatic carbocycles. The van der Waals surface area contributed by atoms with Gasteiger partial charge in [0.05, 0.1) is 31.4 Å². The molecule has 84 valence electrons. The monoisotopic (exact) mass is 211 g/mol. The molecule has 2 rings (SSSR count). The fourth-order valence-corrected chi connectivity index (χ4v) is 1.69. The highest BCUT2D eigenvalue weighted by molar-refractivity contribution is 5.07. The lowest BCUT2D eigenvalue weighted by Crippen LogP contribution is -2.20. The van der Waals surface area contributed by atoms with Gasteiger partial charge in [-0.15, -0.1) is 0 Å². The van der Waals surface area contributed by atoms with Gasteiger partial charge in [-0.1, -0.05) is 0 Å². The molecule has 0 saturated heterocycles. The molecule has 3 N–H and O–H groups in total. The number of hydrogen-bond acceptors (Lipinski definition) is 4. The van der Waals surface area contributed by atoms with Crippen LogP contribution in [0.15, 0.2) is 12.5 Å². The second-order valence-corrected chi connectivity index (χ2v) is 3.78. The molecule has 0 amide bonds. The van der Waals surface area contributed by atoms with Crippen LogP contribution in [-0.2, 0) is 4.74 Å². The maximum Gasteiger partial charge on any atom is 0.111 e. The Morgan fingerprint density at radius 2 is 2.47 bits per heavy atom. The molecule has 1 atom stereocenters. The Morgan fingerprint density at radius 3 is 3.07 bits per heavy atom. The van der Waals surface area contributed by atoms with Gasteiger partial charge < -0.3 is 20.1 Å². The average molecular weight is 211 g/mol. The zero-order valence-electron chi connectivity index (χ0n) is 8.67. The van der Waals surface area contributed by atoms with Crippen molar-refractivity contribution < 1.29 is 9.84 Å². The lowest BCUT2D eigenvalue weighted by atomic mass is 10.2. The van der Waals surface area contributed by atoms with E-state index in [-0.39, 0.29) is 12.7 Å². The number of nitrogens with two attached hydrogens (primary N) is 1. The summed E-state index contributed by atoms with van der Waals surface area (Å²) in [5.74, 6) is 0. The second kappa shape index (κ2) is 4.74. The number of aliphatic hydroxyl groups excluding tert-OH is 1. The van der Waals surface area contributed by atoms with Crippen molar-refractivity contribution in [3.8, 4) is 0 Å². The topological polar surface area (TPSA) is 73.3 Å². The van der Waals surface area contributed by atoms with Crippen LogP contribution in [0.3, 0.4) is 0 Å². The van der Waals surface area contributed by atoms with Gasteiger partial charge in [0.15, 0.2) is 0 Å². The van der Waals surface area contributed by atoms with Crippen LogP contribution in [-0.4, -0.2) is 34.4 Å². The second-order valence-electron chi connectivity index (χ2n) is 3.78. The third-order valence-corrected chi connectivity index (χ3v) is 2.59. The molecule has 0 spiro atoms. The highest BCUT2D eigenvalue weighted by Crippen LogP contribution is 2.37. The first kappa shape index (κ1) is 10.6. The van der Waals surface area contributed by atoms with Crippen LogP contribution < -0.4 is 5.73 Å². The maximum absolute atomic E-state index is 8.71. The lowest BCUT2D eigenvalue weighted by Gasteiger charge is -2.17. The van der Waals surface area contributed by atoms with Crippen LogP contribution in [0, 0.1) is 0 Å². The van der Waals surface area contributed by atoms with Gasteiger partial charge in [-0.3, -0.25) is 0 Å². The first-order chi connectivity index (χ1) is 7.36. The highest BCUT2D eigenvalue weighted by atomic mass is 16.5. The zero-order chi connectivity index (χ0) is 10.7. The average Bonchev–Trinajstić information content (AvgIpc) is 2.99. The quantitative estimate of drug-likeness (QED) is 0.706. The SMILES string of the molecule is NCC(OCCO)c1cncn1C1CC1. The maximum atomic E-state index is 8.71.